The predicted octanol–water partition coefficient (Wildman–Crippen LogP) is 1.85. The number of hydrogen-bond donors (Lipinski definition) is 1. The Balaban J connectivity index is 2.21. The lowest BCUT2D eigenvalue weighted by Crippen LogP contribution is -2.07. The summed E-state index contributed by atoms with van der Waals surface area (Å²) in [7, 11) is 0. The molecule has 2 rings (SSSR count). The fourth-order valence-electron chi connectivity index (χ4n) is 1.52. The zero-order valence-corrected chi connectivity index (χ0v) is 10.1. The molecule has 0 unspecified atom stereocenters. The number of cyclic esters (lactones) is 1. The van der Waals surface area contributed by atoms with Crippen LogP contribution in [0.15, 0.2) is 41.0 Å². The summed E-state index contributed by atoms with van der Waals surface area (Å²) < 4.78 is 5.03. The van der Waals surface area contributed by atoms with Crippen LogP contribution in [-0.4, -0.2) is 17.8 Å². The van der Waals surface area contributed by atoms with Crippen LogP contribution in [0, 0.1) is 0 Å². The number of aliphatic imine (C=N–C) groups is 1. The lowest BCUT2D eigenvalue weighted by Gasteiger charge is -2.03. The fraction of sp³-hybridized carbons (Fsp3) is 0.154. The Kier molecular flexibility index (Phi) is 3.23. The normalized spacial score (nSPS) is 16.4. The number of nitrogens with zero attached hydrogens (tertiary/aromatic N) is 1. The zero-order valence-electron chi connectivity index (χ0n) is 10.1. The van der Waals surface area contributed by atoms with Crippen LogP contribution in [0.4, 0.5) is 5.69 Å². The Hall–Kier alpha value is -2.43. The van der Waals surface area contributed by atoms with E-state index in [2.05, 4.69) is 10.3 Å². The second-order valence-electron chi connectivity index (χ2n) is 3.74. The molecular weight excluding hydrogens is 232 g/mol. The Labute approximate surface area is 104 Å². The van der Waals surface area contributed by atoms with Crippen LogP contribution in [0.2, 0.25) is 0 Å². The molecule has 92 valence electrons. The Morgan fingerprint density at radius 3 is 2.50 bits per heavy atom. The van der Waals surface area contributed by atoms with Gasteiger partial charge in [-0.05, 0) is 31.2 Å². The summed E-state index contributed by atoms with van der Waals surface area (Å²) in [6, 6.07) is 6.91. The standard InChI is InChI=1S/C13H12N2O3/c1-3-11-13(17)18-12(15-11)9-4-6-10(7-5-9)14-8(2)16/h3-7H,1-2H3,(H,14,16)/b11-3-. The van der Waals surface area contributed by atoms with E-state index in [0.29, 0.717) is 16.9 Å². The van der Waals surface area contributed by atoms with Crippen molar-refractivity contribution in [2.45, 2.75) is 13.8 Å². The molecule has 18 heavy (non-hydrogen) atoms. The minimum atomic E-state index is -0.446. The number of carbonyl (C=O) groups excluding carboxylic acids is 2. The minimum Gasteiger partial charge on any atom is -0.402 e. The van der Waals surface area contributed by atoms with Gasteiger partial charge in [0.2, 0.25) is 11.8 Å². The van der Waals surface area contributed by atoms with Crippen molar-refractivity contribution >= 4 is 23.5 Å². The highest BCUT2D eigenvalue weighted by Gasteiger charge is 2.22. The quantitative estimate of drug-likeness (QED) is 0.637. The van der Waals surface area contributed by atoms with Gasteiger partial charge in [0.25, 0.3) is 0 Å². The third kappa shape index (κ3) is 2.45. The summed E-state index contributed by atoms with van der Waals surface area (Å²) >= 11 is 0. The SMILES string of the molecule is C/C=C1\N=C(c2ccc(NC(C)=O)cc2)OC1=O. The second kappa shape index (κ2) is 4.83. The van der Waals surface area contributed by atoms with E-state index in [4.69, 9.17) is 4.74 Å². The maximum atomic E-state index is 11.3. The number of allylic oxidation sites excluding steroid dienone is 1. The van der Waals surface area contributed by atoms with Gasteiger partial charge in [-0.2, -0.15) is 0 Å². The molecule has 1 amide bonds. The minimum absolute atomic E-state index is 0.136. The summed E-state index contributed by atoms with van der Waals surface area (Å²) in [5.74, 6) is -0.301. The van der Waals surface area contributed by atoms with Crippen molar-refractivity contribution < 1.29 is 14.3 Å². The number of ether oxygens (including phenoxy) is 1. The van der Waals surface area contributed by atoms with Gasteiger partial charge in [0.15, 0.2) is 0 Å². The summed E-state index contributed by atoms with van der Waals surface area (Å²) in [5.41, 5.74) is 1.67. The molecule has 5 nitrogen and oxygen atoms in total. The maximum absolute atomic E-state index is 11.3. The van der Waals surface area contributed by atoms with Crippen molar-refractivity contribution in [3.63, 3.8) is 0 Å². The van der Waals surface area contributed by atoms with Crippen molar-refractivity contribution in [1.82, 2.24) is 0 Å². The number of nitrogens with one attached hydrogen (secondary N) is 1. The van der Waals surface area contributed by atoms with E-state index in [-0.39, 0.29) is 11.8 Å². The molecule has 0 radical (unpaired) electrons. The van der Waals surface area contributed by atoms with Crippen molar-refractivity contribution in [2.24, 2.45) is 4.99 Å². The average molecular weight is 244 g/mol. The van der Waals surface area contributed by atoms with Crippen LogP contribution in [0.25, 0.3) is 0 Å². The number of esters is 1. The molecular formula is C13H12N2O3. The number of rotatable bonds is 2. The van der Waals surface area contributed by atoms with E-state index >= 15 is 0 Å². The Bertz CT molecular complexity index is 556. The Morgan fingerprint density at radius 2 is 2.00 bits per heavy atom. The summed E-state index contributed by atoms with van der Waals surface area (Å²) in [4.78, 5) is 26.3. The van der Waals surface area contributed by atoms with E-state index in [0.717, 1.165) is 0 Å². The fourth-order valence-corrected chi connectivity index (χ4v) is 1.52. The van der Waals surface area contributed by atoms with Crippen LogP contribution >= 0.6 is 0 Å². The summed E-state index contributed by atoms with van der Waals surface area (Å²) in [6.07, 6.45) is 1.60. The third-order valence-corrected chi connectivity index (χ3v) is 2.35. The first-order chi connectivity index (χ1) is 8.60. The predicted molar refractivity (Wildman–Crippen MR) is 67.1 cm³/mol. The zero-order chi connectivity index (χ0) is 13.1. The van der Waals surface area contributed by atoms with Crippen LogP contribution < -0.4 is 5.32 Å². The number of anilines is 1. The van der Waals surface area contributed by atoms with E-state index in [1.165, 1.54) is 6.92 Å². The molecule has 0 saturated heterocycles. The molecule has 0 spiro atoms. The van der Waals surface area contributed by atoms with Gasteiger partial charge in [-0.3, -0.25) is 4.79 Å². The van der Waals surface area contributed by atoms with Crippen molar-refractivity contribution in [1.29, 1.82) is 0 Å². The lowest BCUT2D eigenvalue weighted by molar-refractivity contribution is -0.130. The molecule has 0 aromatic heterocycles. The van der Waals surface area contributed by atoms with Gasteiger partial charge in [-0.25, -0.2) is 9.79 Å². The first-order valence-electron chi connectivity index (χ1n) is 5.45. The molecule has 1 aliphatic rings. The molecule has 1 aromatic carbocycles. The van der Waals surface area contributed by atoms with Crippen molar-refractivity contribution in [2.75, 3.05) is 5.32 Å². The van der Waals surface area contributed by atoms with E-state index < -0.39 is 5.97 Å². The first-order valence-corrected chi connectivity index (χ1v) is 5.45. The van der Waals surface area contributed by atoms with Gasteiger partial charge in [-0.15, -0.1) is 0 Å². The van der Waals surface area contributed by atoms with Gasteiger partial charge in [-0.1, -0.05) is 6.08 Å². The molecule has 1 aliphatic heterocycles. The van der Waals surface area contributed by atoms with Gasteiger partial charge in [0.1, 0.15) is 5.70 Å². The Morgan fingerprint density at radius 1 is 1.33 bits per heavy atom. The molecule has 0 aliphatic carbocycles. The molecule has 0 fully saturated rings. The van der Waals surface area contributed by atoms with Crippen molar-refractivity contribution in [3.05, 3.63) is 41.6 Å². The highest BCUT2D eigenvalue weighted by molar-refractivity contribution is 6.11. The summed E-state index contributed by atoms with van der Waals surface area (Å²) in [5, 5.41) is 2.65. The highest BCUT2D eigenvalue weighted by Crippen LogP contribution is 2.17. The molecule has 0 atom stereocenters. The monoisotopic (exact) mass is 244 g/mol. The van der Waals surface area contributed by atoms with Crippen molar-refractivity contribution in [3.8, 4) is 0 Å². The van der Waals surface area contributed by atoms with E-state index in [1.807, 2.05) is 0 Å². The molecule has 0 saturated carbocycles. The molecule has 0 bridgehead atoms. The smallest absolute Gasteiger partial charge is 0.363 e. The highest BCUT2D eigenvalue weighted by atomic mass is 16.6. The third-order valence-electron chi connectivity index (χ3n) is 2.35. The lowest BCUT2D eigenvalue weighted by atomic mass is 10.2. The number of amides is 1. The van der Waals surface area contributed by atoms with Gasteiger partial charge in [0.05, 0.1) is 0 Å². The average Bonchev–Trinajstić information content (AvgIpc) is 2.71. The molecule has 1 aromatic rings. The van der Waals surface area contributed by atoms with Crippen LogP contribution in [0.3, 0.4) is 0 Å². The topological polar surface area (TPSA) is 67.8 Å². The molecule has 5 heteroatoms. The number of hydrogen-bond acceptors (Lipinski definition) is 4. The van der Waals surface area contributed by atoms with E-state index in [9.17, 15) is 9.59 Å². The summed E-state index contributed by atoms with van der Waals surface area (Å²) in [6.45, 7) is 3.16. The van der Waals surface area contributed by atoms with E-state index in [1.54, 1.807) is 37.3 Å². The van der Waals surface area contributed by atoms with Gasteiger partial charge < -0.3 is 10.1 Å². The van der Waals surface area contributed by atoms with Gasteiger partial charge >= 0.3 is 5.97 Å². The largest absolute Gasteiger partial charge is 0.402 e. The molecule has 1 N–H and O–H groups in total. The van der Waals surface area contributed by atoms with Crippen LogP contribution in [-0.2, 0) is 14.3 Å². The second-order valence-corrected chi connectivity index (χ2v) is 3.74. The number of carbonyl (C=O) groups is 2. The van der Waals surface area contributed by atoms with Crippen LogP contribution in [0.5, 0.6) is 0 Å². The molecule has 1 heterocycles. The first kappa shape index (κ1) is 12.0. The van der Waals surface area contributed by atoms with Crippen LogP contribution in [0.1, 0.15) is 19.4 Å². The van der Waals surface area contributed by atoms with Gasteiger partial charge in [0, 0.05) is 18.2 Å². The maximum Gasteiger partial charge on any atom is 0.363 e. The number of benzene rings is 1.